The molecule has 0 saturated heterocycles. The van der Waals surface area contributed by atoms with Crippen molar-refractivity contribution in [2.45, 2.75) is 25.8 Å². The molecule has 3 nitrogen and oxygen atoms in total. The lowest BCUT2D eigenvalue weighted by Gasteiger charge is -2.14. The summed E-state index contributed by atoms with van der Waals surface area (Å²) in [7, 11) is 0. The van der Waals surface area contributed by atoms with E-state index in [4.69, 9.17) is 0 Å². The number of anilines is 1. The molecule has 20 heavy (non-hydrogen) atoms. The van der Waals surface area contributed by atoms with Gasteiger partial charge in [0.1, 0.15) is 17.0 Å². The van der Waals surface area contributed by atoms with Crippen molar-refractivity contribution in [2.24, 2.45) is 0 Å². The van der Waals surface area contributed by atoms with Crippen molar-refractivity contribution in [3.05, 3.63) is 53.7 Å². The zero-order valence-corrected chi connectivity index (χ0v) is 12.2. The van der Waals surface area contributed by atoms with Gasteiger partial charge in [0.2, 0.25) is 0 Å². The molecule has 0 aliphatic rings. The zero-order chi connectivity index (χ0) is 13.8. The number of aromatic nitrogens is 2. The summed E-state index contributed by atoms with van der Waals surface area (Å²) in [5.41, 5.74) is 1.38. The van der Waals surface area contributed by atoms with Gasteiger partial charge in [-0.25, -0.2) is 9.97 Å². The summed E-state index contributed by atoms with van der Waals surface area (Å²) >= 11 is 1.65. The third-order valence-electron chi connectivity index (χ3n) is 3.35. The Balaban J connectivity index is 1.64. The van der Waals surface area contributed by atoms with Gasteiger partial charge in [0, 0.05) is 6.04 Å². The molecule has 0 fully saturated rings. The molecule has 0 bridgehead atoms. The van der Waals surface area contributed by atoms with E-state index in [-0.39, 0.29) is 0 Å². The SMILES string of the molecule is C[C@@H](CCc1ccccc1)Nc1ncnc2sccc12. The van der Waals surface area contributed by atoms with Gasteiger partial charge in [0.15, 0.2) is 0 Å². The van der Waals surface area contributed by atoms with Crippen LogP contribution < -0.4 is 5.32 Å². The normalized spacial score (nSPS) is 12.4. The van der Waals surface area contributed by atoms with Crippen LogP contribution in [0.2, 0.25) is 0 Å². The third kappa shape index (κ3) is 2.96. The fraction of sp³-hybridized carbons (Fsp3) is 0.250. The van der Waals surface area contributed by atoms with Crippen molar-refractivity contribution in [3.8, 4) is 0 Å². The van der Waals surface area contributed by atoms with Crippen LogP contribution in [0.15, 0.2) is 48.1 Å². The van der Waals surface area contributed by atoms with Gasteiger partial charge in [0.05, 0.1) is 5.39 Å². The van der Waals surface area contributed by atoms with Crippen molar-refractivity contribution in [1.82, 2.24) is 9.97 Å². The number of nitrogens with zero attached hydrogens (tertiary/aromatic N) is 2. The highest BCUT2D eigenvalue weighted by molar-refractivity contribution is 7.16. The van der Waals surface area contributed by atoms with Crippen LogP contribution in [-0.2, 0) is 6.42 Å². The largest absolute Gasteiger partial charge is 0.367 e. The van der Waals surface area contributed by atoms with Gasteiger partial charge < -0.3 is 5.32 Å². The van der Waals surface area contributed by atoms with Gasteiger partial charge in [-0.05, 0) is 36.8 Å². The average Bonchev–Trinajstić information content (AvgIpc) is 2.96. The minimum Gasteiger partial charge on any atom is -0.367 e. The Labute approximate surface area is 122 Å². The monoisotopic (exact) mass is 283 g/mol. The second kappa shape index (κ2) is 6.01. The molecule has 0 aliphatic heterocycles. The minimum atomic E-state index is 0.383. The molecule has 1 atom stereocenters. The standard InChI is InChI=1S/C16H17N3S/c1-12(7-8-13-5-3-2-4-6-13)19-15-14-9-10-20-16(14)18-11-17-15/h2-6,9-12H,7-8H2,1H3,(H,17,18,19)/t12-/m0/s1. The van der Waals surface area contributed by atoms with Crippen molar-refractivity contribution >= 4 is 27.4 Å². The van der Waals surface area contributed by atoms with E-state index < -0.39 is 0 Å². The van der Waals surface area contributed by atoms with Crippen LogP contribution in [-0.4, -0.2) is 16.0 Å². The van der Waals surface area contributed by atoms with Gasteiger partial charge >= 0.3 is 0 Å². The van der Waals surface area contributed by atoms with Crippen LogP contribution in [0, 0.1) is 0 Å². The van der Waals surface area contributed by atoms with Crippen LogP contribution in [0.1, 0.15) is 18.9 Å². The molecule has 0 amide bonds. The molecule has 0 unspecified atom stereocenters. The highest BCUT2D eigenvalue weighted by Gasteiger charge is 2.08. The first kappa shape index (κ1) is 13.1. The van der Waals surface area contributed by atoms with Crippen molar-refractivity contribution < 1.29 is 0 Å². The molecule has 1 aromatic carbocycles. The smallest absolute Gasteiger partial charge is 0.138 e. The van der Waals surface area contributed by atoms with Crippen molar-refractivity contribution in [3.63, 3.8) is 0 Å². The Morgan fingerprint density at radius 1 is 1.15 bits per heavy atom. The summed E-state index contributed by atoms with van der Waals surface area (Å²) in [5, 5.41) is 6.67. The number of benzene rings is 1. The number of hydrogen-bond donors (Lipinski definition) is 1. The summed E-state index contributed by atoms with van der Waals surface area (Å²) in [6, 6.07) is 13.0. The Bertz CT molecular complexity index is 678. The summed E-state index contributed by atoms with van der Waals surface area (Å²) in [4.78, 5) is 9.67. The van der Waals surface area contributed by atoms with Crippen LogP contribution in [0.25, 0.3) is 10.2 Å². The van der Waals surface area contributed by atoms with Gasteiger partial charge in [0.25, 0.3) is 0 Å². The highest BCUT2D eigenvalue weighted by atomic mass is 32.1. The van der Waals surface area contributed by atoms with Gasteiger partial charge in [-0.2, -0.15) is 0 Å². The average molecular weight is 283 g/mol. The van der Waals surface area contributed by atoms with E-state index in [0.717, 1.165) is 28.9 Å². The number of hydrogen-bond acceptors (Lipinski definition) is 4. The Hall–Kier alpha value is -1.94. The lowest BCUT2D eigenvalue weighted by atomic mass is 10.1. The number of aryl methyl sites for hydroxylation is 1. The van der Waals surface area contributed by atoms with E-state index in [9.17, 15) is 0 Å². The third-order valence-corrected chi connectivity index (χ3v) is 4.17. The van der Waals surface area contributed by atoms with E-state index in [1.165, 1.54) is 5.56 Å². The van der Waals surface area contributed by atoms with E-state index >= 15 is 0 Å². The van der Waals surface area contributed by atoms with Gasteiger partial charge in [-0.15, -0.1) is 11.3 Å². The maximum absolute atomic E-state index is 4.36. The molecule has 3 rings (SSSR count). The van der Waals surface area contributed by atoms with E-state index in [1.807, 2.05) is 0 Å². The number of nitrogens with one attached hydrogen (secondary N) is 1. The topological polar surface area (TPSA) is 37.8 Å². The first-order valence-corrected chi connectivity index (χ1v) is 7.69. The first-order valence-electron chi connectivity index (χ1n) is 6.81. The molecular formula is C16H17N3S. The maximum atomic E-state index is 4.36. The second-order valence-electron chi connectivity index (χ2n) is 4.93. The van der Waals surface area contributed by atoms with Gasteiger partial charge in [-0.3, -0.25) is 0 Å². The van der Waals surface area contributed by atoms with E-state index in [0.29, 0.717) is 6.04 Å². The quantitative estimate of drug-likeness (QED) is 0.765. The number of thiophene rings is 1. The molecule has 102 valence electrons. The van der Waals surface area contributed by atoms with E-state index in [2.05, 4.69) is 64.0 Å². The number of fused-ring (bicyclic) bond motifs is 1. The summed E-state index contributed by atoms with van der Waals surface area (Å²) in [6.07, 6.45) is 3.79. The molecule has 0 saturated carbocycles. The zero-order valence-electron chi connectivity index (χ0n) is 11.4. The molecule has 2 heterocycles. The van der Waals surface area contributed by atoms with E-state index in [1.54, 1.807) is 17.7 Å². The second-order valence-corrected chi connectivity index (χ2v) is 5.83. The van der Waals surface area contributed by atoms with Crippen LogP contribution in [0.3, 0.4) is 0 Å². The lowest BCUT2D eigenvalue weighted by Crippen LogP contribution is -2.17. The Morgan fingerprint density at radius 3 is 2.85 bits per heavy atom. The molecule has 4 heteroatoms. The van der Waals surface area contributed by atoms with Crippen LogP contribution in [0.5, 0.6) is 0 Å². The predicted octanol–water partition coefficient (Wildman–Crippen LogP) is 4.12. The molecular weight excluding hydrogens is 266 g/mol. The fourth-order valence-electron chi connectivity index (χ4n) is 2.24. The summed E-state index contributed by atoms with van der Waals surface area (Å²) in [5.74, 6) is 0.941. The summed E-state index contributed by atoms with van der Waals surface area (Å²) in [6.45, 7) is 2.20. The molecule has 0 aliphatic carbocycles. The minimum absolute atomic E-state index is 0.383. The number of rotatable bonds is 5. The van der Waals surface area contributed by atoms with Crippen LogP contribution >= 0.6 is 11.3 Å². The molecule has 3 aromatic rings. The molecule has 2 aromatic heterocycles. The Kier molecular flexibility index (Phi) is 3.92. The van der Waals surface area contributed by atoms with Crippen molar-refractivity contribution in [2.75, 3.05) is 5.32 Å². The maximum Gasteiger partial charge on any atom is 0.138 e. The predicted molar refractivity (Wildman–Crippen MR) is 85.3 cm³/mol. The van der Waals surface area contributed by atoms with Crippen molar-refractivity contribution in [1.29, 1.82) is 0 Å². The fourth-order valence-corrected chi connectivity index (χ4v) is 2.97. The highest BCUT2D eigenvalue weighted by Crippen LogP contribution is 2.24. The van der Waals surface area contributed by atoms with Crippen LogP contribution in [0.4, 0.5) is 5.82 Å². The van der Waals surface area contributed by atoms with Gasteiger partial charge in [-0.1, -0.05) is 30.3 Å². The molecule has 0 spiro atoms. The summed E-state index contributed by atoms with van der Waals surface area (Å²) < 4.78 is 0. The lowest BCUT2D eigenvalue weighted by molar-refractivity contribution is 0.704. The Morgan fingerprint density at radius 2 is 2.00 bits per heavy atom. The molecule has 1 N–H and O–H groups in total. The first-order chi connectivity index (χ1) is 9.83. The molecule has 0 radical (unpaired) electrons.